The van der Waals surface area contributed by atoms with E-state index in [4.69, 9.17) is 10.5 Å². The van der Waals surface area contributed by atoms with E-state index in [1.54, 1.807) is 35.4 Å². The van der Waals surface area contributed by atoms with Crippen LogP contribution in [-0.4, -0.2) is 39.4 Å². The van der Waals surface area contributed by atoms with Crippen LogP contribution in [0, 0.1) is 0 Å². The molecule has 2 aromatic rings. The summed E-state index contributed by atoms with van der Waals surface area (Å²) in [4.78, 5) is 16.3. The highest BCUT2D eigenvalue weighted by molar-refractivity contribution is 5.94. The van der Waals surface area contributed by atoms with E-state index in [1.807, 2.05) is 6.07 Å². The first-order valence-electron chi connectivity index (χ1n) is 6.89. The maximum atomic E-state index is 12.1. The average Bonchev–Trinajstić information content (AvgIpc) is 3.19. The standard InChI is InChI=1S/C14H17N5O2/c15-8-11-3-4-12(21-11)14(20)18-10-2-5-13(16-9-10)19-7-1-6-17-19/h1-2,5-7,9,11-12H,3-4,8,15H2,(H,18,20). The summed E-state index contributed by atoms with van der Waals surface area (Å²) in [5, 5.41) is 6.90. The molecule has 0 saturated carbocycles. The number of carbonyl (C=O) groups excluding carboxylic acids is 1. The number of rotatable bonds is 4. The quantitative estimate of drug-likeness (QED) is 0.863. The van der Waals surface area contributed by atoms with Crippen LogP contribution in [0.5, 0.6) is 0 Å². The third-order valence-electron chi connectivity index (χ3n) is 3.42. The summed E-state index contributed by atoms with van der Waals surface area (Å²) in [6, 6.07) is 5.40. The maximum Gasteiger partial charge on any atom is 0.253 e. The summed E-state index contributed by atoms with van der Waals surface area (Å²) in [6.45, 7) is 0.448. The Morgan fingerprint density at radius 3 is 3.00 bits per heavy atom. The normalized spacial score (nSPS) is 21.4. The minimum atomic E-state index is -0.427. The van der Waals surface area contributed by atoms with Gasteiger partial charge < -0.3 is 15.8 Å². The van der Waals surface area contributed by atoms with Gasteiger partial charge in [-0.05, 0) is 31.0 Å². The van der Waals surface area contributed by atoms with Crippen LogP contribution in [0.4, 0.5) is 5.69 Å². The number of amides is 1. The van der Waals surface area contributed by atoms with Gasteiger partial charge in [0.25, 0.3) is 5.91 Å². The summed E-state index contributed by atoms with van der Waals surface area (Å²) in [6.07, 6.45) is 6.18. The van der Waals surface area contributed by atoms with E-state index in [0.717, 1.165) is 6.42 Å². The van der Waals surface area contributed by atoms with E-state index in [1.165, 1.54) is 0 Å². The number of pyridine rings is 1. The number of anilines is 1. The van der Waals surface area contributed by atoms with Crippen molar-refractivity contribution in [1.29, 1.82) is 0 Å². The van der Waals surface area contributed by atoms with Crippen molar-refractivity contribution in [3.63, 3.8) is 0 Å². The fourth-order valence-corrected chi connectivity index (χ4v) is 2.29. The Hall–Kier alpha value is -2.25. The van der Waals surface area contributed by atoms with E-state index in [2.05, 4.69) is 15.4 Å². The van der Waals surface area contributed by atoms with Crippen molar-refractivity contribution in [2.75, 3.05) is 11.9 Å². The zero-order valence-corrected chi connectivity index (χ0v) is 11.5. The highest BCUT2D eigenvalue weighted by Gasteiger charge is 2.29. The number of hydrogen-bond donors (Lipinski definition) is 2. The lowest BCUT2D eigenvalue weighted by atomic mass is 10.2. The second-order valence-electron chi connectivity index (χ2n) is 4.90. The molecule has 1 saturated heterocycles. The second-order valence-corrected chi connectivity index (χ2v) is 4.90. The zero-order valence-electron chi connectivity index (χ0n) is 11.5. The van der Waals surface area contributed by atoms with Crippen LogP contribution in [0.25, 0.3) is 5.82 Å². The zero-order chi connectivity index (χ0) is 14.7. The van der Waals surface area contributed by atoms with Gasteiger partial charge in [0.2, 0.25) is 0 Å². The molecule has 0 aromatic carbocycles. The molecule has 2 atom stereocenters. The van der Waals surface area contributed by atoms with Crippen LogP contribution in [-0.2, 0) is 9.53 Å². The fourth-order valence-electron chi connectivity index (χ4n) is 2.29. The molecule has 0 radical (unpaired) electrons. The smallest absolute Gasteiger partial charge is 0.253 e. The molecular weight excluding hydrogens is 270 g/mol. The number of ether oxygens (including phenoxy) is 1. The lowest BCUT2D eigenvalue weighted by Crippen LogP contribution is -2.29. The number of nitrogens with one attached hydrogen (secondary N) is 1. The molecule has 0 spiro atoms. The molecular formula is C14H17N5O2. The maximum absolute atomic E-state index is 12.1. The first-order valence-corrected chi connectivity index (χ1v) is 6.89. The van der Waals surface area contributed by atoms with E-state index >= 15 is 0 Å². The summed E-state index contributed by atoms with van der Waals surface area (Å²) >= 11 is 0. The number of carbonyl (C=O) groups is 1. The summed E-state index contributed by atoms with van der Waals surface area (Å²) in [5.41, 5.74) is 6.17. The SMILES string of the molecule is NCC1CCC(C(=O)Nc2ccc(-n3cccn3)nc2)O1. The number of aromatic nitrogens is 3. The van der Waals surface area contributed by atoms with Crippen LogP contribution < -0.4 is 11.1 Å². The summed E-state index contributed by atoms with van der Waals surface area (Å²) in [7, 11) is 0. The molecule has 1 aliphatic heterocycles. The van der Waals surface area contributed by atoms with Crippen molar-refractivity contribution in [3.8, 4) is 5.82 Å². The lowest BCUT2D eigenvalue weighted by molar-refractivity contribution is -0.126. The highest BCUT2D eigenvalue weighted by Crippen LogP contribution is 2.20. The van der Waals surface area contributed by atoms with Crippen LogP contribution >= 0.6 is 0 Å². The highest BCUT2D eigenvalue weighted by atomic mass is 16.5. The molecule has 21 heavy (non-hydrogen) atoms. The molecule has 2 aromatic heterocycles. The largest absolute Gasteiger partial charge is 0.364 e. The van der Waals surface area contributed by atoms with Crippen molar-refractivity contribution >= 4 is 11.6 Å². The fraction of sp³-hybridized carbons (Fsp3) is 0.357. The number of nitrogens with zero attached hydrogens (tertiary/aromatic N) is 3. The number of nitrogens with two attached hydrogens (primary N) is 1. The lowest BCUT2D eigenvalue weighted by Gasteiger charge is -2.12. The van der Waals surface area contributed by atoms with Crippen molar-refractivity contribution in [3.05, 3.63) is 36.8 Å². The van der Waals surface area contributed by atoms with Gasteiger partial charge in [-0.25, -0.2) is 9.67 Å². The van der Waals surface area contributed by atoms with Gasteiger partial charge in [-0.1, -0.05) is 0 Å². The van der Waals surface area contributed by atoms with Gasteiger partial charge in [-0.3, -0.25) is 4.79 Å². The minimum absolute atomic E-state index is 0.0129. The van der Waals surface area contributed by atoms with Gasteiger partial charge in [0.1, 0.15) is 6.10 Å². The van der Waals surface area contributed by atoms with Crippen LogP contribution in [0.1, 0.15) is 12.8 Å². The average molecular weight is 287 g/mol. The van der Waals surface area contributed by atoms with E-state index in [-0.39, 0.29) is 12.0 Å². The molecule has 3 rings (SSSR count). The van der Waals surface area contributed by atoms with Crippen LogP contribution in [0.3, 0.4) is 0 Å². The molecule has 110 valence electrons. The van der Waals surface area contributed by atoms with E-state index in [0.29, 0.717) is 24.5 Å². The Kier molecular flexibility index (Phi) is 3.94. The Balaban J connectivity index is 1.62. The topological polar surface area (TPSA) is 95.1 Å². The van der Waals surface area contributed by atoms with Crippen molar-refractivity contribution < 1.29 is 9.53 Å². The van der Waals surface area contributed by atoms with Gasteiger partial charge in [0.15, 0.2) is 5.82 Å². The molecule has 7 nitrogen and oxygen atoms in total. The van der Waals surface area contributed by atoms with Crippen molar-refractivity contribution in [2.24, 2.45) is 5.73 Å². The van der Waals surface area contributed by atoms with Gasteiger partial charge in [0, 0.05) is 18.9 Å². The number of hydrogen-bond acceptors (Lipinski definition) is 5. The predicted octanol–water partition coefficient (Wildman–Crippen LogP) is 0.712. The second kappa shape index (κ2) is 6.02. The van der Waals surface area contributed by atoms with E-state index < -0.39 is 6.10 Å². The molecule has 3 N–H and O–H groups in total. The first kappa shape index (κ1) is 13.7. The molecule has 0 aliphatic carbocycles. The van der Waals surface area contributed by atoms with Gasteiger partial charge in [-0.15, -0.1) is 0 Å². The van der Waals surface area contributed by atoms with Crippen molar-refractivity contribution in [1.82, 2.24) is 14.8 Å². The molecule has 1 fully saturated rings. The molecule has 1 aliphatic rings. The molecule has 0 bridgehead atoms. The van der Waals surface area contributed by atoms with Gasteiger partial charge in [-0.2, -0.15) is 5.10 Å². The molecule has 2 unspecified atom stereocenters. The van der Waals surface area contributed by atoms with Crippen LogP contribution in [0.2, 0.25) is 0 Å². The summed E-state index contributed by atoms with van der Waals surface area (Å²) < 4.78 is 7.21. The minimum Gasteiger partial charge on any atom is -0.364 e. The third-order valence-corrected chi connectivity index (χ3v) is 3.42. The van der Waals surface area contributed by atoms with Gasteiger partial charge in [0.05, 0.1) is 18.0 Å². The Bertz CT molecular complexity index is 596. The Labute approximate surface area is 122 Å². The summed E-state index contributed by atoms with van der Waals surface area (Å²) in [5.74, 6) is 0.540. The molecule has 1 amide bonds. The third kappa shape index (κ3) is 3.09. The molecule has 3 heterocycles. The Morgan fingerprint density at radius 1 is 1.48 bits per heavy atom. The Morgan fingerprint density at radius 2 is 2.38 bits per heavy atom. The van der Waals surface area contributed by atoms with Crippen molar-refractivity contribution in [2.45, 2.75) is 25.0 Å². The van der Waals surface area contributed by atoms with E-state index in [9.17, 15) is 4.79 Å². The predicted molar refractivity (Wildman–Crippen MR) is 76.9 cm³/mol. The van der Waals surface area contributed by atoms with Gasteiger partial charge >= 0.3 is 0 Å². The molecule has 7 heteroatoms. The first-order chi connectivity index (χ1) is 10.3. The monoisotopic (exact) mass is 287 g/mol. The van der Waals surface area contributed by atoms with Crippen LogP contribution in [0.15, 0.2) is 36.8 Å².